The molecule has 1 aliphatic carbocycles. The third-order valence-electron chi connectivity index (χ3n) is 10.1. The van der Waals surface area contributed by atoms with E-state index in [0.29, 0.717) is 5.82 Å². The number of benzene rings is 6. The highest BCUT2D eigenvalue weighted by molar-refractivity contribution is 5.92. The smallest absolute Gasteiger partial charge is 0.160 e. The lowest BCUT2D eigenvalue weighted by atomic mass is 9.65. The van der Waals surface area contributed by atoms with E-state index in [1.807, 2.05) is 42.5 Å². The number of para-hydroxylation sites is 2. The van der Waals surface area contributed by atoms with Gasteiger partial charge in [0.25, 0.3) is 0 Å². The maximum atomic E-state index is 6.96. The molecule has 242 valence electrons. The van der Waals surface area contributed by atoms with Crippen molar-refractivity contribution in [3.63, 3.8) is 0 Å². The molecule has 1 aliphatic heterocycles. The van der Waals surface area contributed by atoms with Crippen LogP contribution in [0.5, 0.6) is 11.5 Å². The normalized spacial score (nSPS) is 13.8. The van der Waals surface area contributed by atoms with E-state index >= 15 is 0 Å². The van der Waals surface area contributed by atoms with Crippen LogP contribution in [0.4, 0.5) is 0 Å². The van der Waals surface area contributed by atoms with Crippen LogP contribution < -0.4 is 4.74 Å². The number of aromatic nitrogens is 2. The van der Waals surface area contributed by atoms with Crippen LogP contribution in [0.2, 0.25) is 0 Å². The average Bonchev–Trinajstić information content (AvgIpc) is 3.49. The Morgan fingerprint density at radius 2 is 1.20 bits per heavy atom. The van der Waals surface area contributed by atoms with Crippen molar-refractivity contribution >= 4 is 11.1 Å². The fourth-order valence-corrected chi connectivity index (χ4v) is 7.88. The predicted octanol–water partition coefficient (Wildman–Crippen LogP) is 12.0. The Hall–Kier alpha value is -6.58. The quantitative estimate of drug-likeness (QED) is 0.167. The van der Waals surface area contributed by atoms with Crippen LogP contribution in [-0.4, -0.2) is 9.97 Å². The Morgan fingerprint density at radius 3 is 1.88 bits per heavy atom. The minimum atomic E-state index is -0.534. The fraction of sp³-hybridized carbons (Fsp3) is 0.0417. The zero-order valence-corrected chi connectivity index (χ0v) is 28.3. The lowest BCUT2D eigenvalue weighted by Gasteiger charge is -2.40. The van der Waals surface area contributed by atoms with Gasteiger partial charge < -0.3 is 4.74 Å². The van der Waals surface area contributed by atoms with Crippen LogP contribution in [0.25, 0.3) is 44.9 Å². The standard InChI is InChI=1S/C48H34N2O/c1-3-17-35(30-32(2)43-31-44(33-18-6-4-7-19-33)50-47(49-43)34-20-8-5-9-21-34)36-24-16-28-42-46(36)51-45-29-15-14-27-41(45)48(42)39-25-12-10-22-37(39)38-23-11-13-26-40(38)48/h3-31H,1H2,2H3/b32-30+,35-17+. The summed E-state index contributed by atoms with van der Waals surface area (Å²) in [5, 5.41) is 0. The molecule has 9 rings (SSSR count). The van der Waals surface area contributed by atoms with Crippen LogP contribution in [0.15, 0.2) is 183 Å². The van der Waals surface area contributed by atoms with E-state index in [1.165, 1.54) is 22.3 Å². The number of hydrogen-bond acceptors (Lipinski definition) is 3. The molecule has 0 amide bonds. The lowest BCUT2D eigenvalue weighted by Crippen LogP contribution is -2.32. The number of hydrogen-bond donors (Lipinski definition) is 0. The number of fused-ring (bicyclic) bond motifs is 9. The summed E-state index contributed by atoms with van der Waals surface area (Å²) in [6.07, 6.45) is 6.09. The molecule has 0 atom stereocenters. The lowest BCUT2D eigenvalue weighted by molar-refractivity contribution is 0.435. The molecule has 0 bridgehead atoms. The molecular formula is C48H34N2O. The molecule has 3 nitrogen and oxygen atoms in total. The maximum Gasteiger partial charge on any atom is 0.160 e. The van der Waals surface area contributed by atoms with Crippen molar-refractivity contribution in [3.8, 4) is 45.3 Å². The van der Waals surface area contributed by atoms with Gasteiger partial charge in [-0.05, 0) is 58.5 Å². The second kappa shape index (κ2) is 12.4. The van der Waals surface area contributed by atoms with Crippen molar-refractivity contribution in [2.45, 2.75) is 12.3 Å². The van der Waals surface area contributed by atoms with Crippen LogP contribution in [0.1, 0.15) is 40.4 Å². The van der Waals surface area contributed by atoms with Gasteiger partial charge in [0.1, 0.15) is 11.5 Å². The van der Waals surface area contributed by atoms with Gasteiger partial charge in [0.15, 0.2) is 5.82 Å². The largest absolute Gasteiger partial charge is 0.456 e. The van der Waals surface area contributed by atoms with Gasteiger partial charge in [-0.15, -0.1) is 0 Å². The third kappa shape index (κ3) is 4.89. The van der Waals surface area contributed by atoms with Crippen molar-refractivity contribution in [1.82, 2.24) is 9.97 Å². The van der Waals surface area contributed by atoms with Crippen molar-refractivity contribution in [2.24, 2.45) is 0 Å². The number of nitrogens with zero attached hydrogens (tertiary/aromatic N) is 2. The topological polar surface area (TPSA) is 35.0 Å². The van der Waals surface area contributed by atoms with E-state index in [-0.39, 0.29) is 0 Å². The average molecular weight is 655 g/mol. The monoisotopic (exact) mass is 654 g/mol. The summed E-state index contributed by atoms with van der Waals surface area (Å²) in [4.78, 5) is 10.1. The molecular weight excluding hydrogens is 621 g/mol. The summed E-state index contributed by atoms with van der Waals surface area (Å²) in [5.41, 5.74) is 13.5. The summed E-state index contributed by atoms with van der Waals surface area (Å²) < 4.78 is 6.96. The molecule has 2 aliphatic rings. The summed E-state index contributed by atoms with van der Waals surface area (Å²) in [6.45, 7) is 6.23. The van der Waals surface area contributed by atoms with E-state index in [1.54, 1.807) is 0 Å². The molecule has 0 saturated carbocycles. The van der Waals surface area contributed by atoms with Crippen LogP contribution in [-0.2, 0) is 5.41 Å². The second-order valence-corrected chi connectivity index (χ2v) is 13.0. The Kier molecular flexibility index (Phi) is 7.40. The van der Waals surface area contributed by atoms with Crippen LogP contribution >= 0.6 is 0 Å². The highest BCUT2D eigenvalue weighted by Gasteiger charge is 2.51. The molecule has 3 heteroatoms. The molecule has 51 heavy (non-hydrogen) atoms. The van der Waals surface area contributed by atoms with Crippen molar-refractivity contribution in [1.29, 1.82) is 0 Å². The van der Waals surface area contributed by atoms with Gasteiger partial charge in [-0.1, -0.05) is 164 Å². The zero-order valence-electron chi connectivity index (χ0n) is 28.3. The Bertz CT molecular complexity index is 2420. The van der Waals surface area contributed by atoms with Gasteiger partial charge in [-0.25, -0.2) is 9.97 Å². The van der Waals surface area contributed by atoms with E-state index in [9.17, 15) is 0 Å². The van der Waals surface area contributed by atoms with Gasteiger partial charge in [-0.3, -0.25) is 0 Å². The van der Waals surface area contributed by atoms with Gasteiger partial charge in [0, 0.05) is 27.8 Å². The predicted molar refractivity (Wildman–Crippen MR) is 209 cm³/mol. The molecule has 0 N–H and O–H groups in total. The Labute approximate surface area is 298 Å². The number of allylic oxidation sites excluding steroid dienone is 5. The summed E-state index contributed by atoms with van der Waals surface area (Å²) in [6, 6.07) is 55.2. The Balaban J connectivity index is 1.24. The van der Waals surface area contributed by atoms with Gasteiger partial charge >= 0.3 is 0 Å². The first-order valence-corrected chi connectivity index (χ1v) is 17.3. The van der Waals surface area contributed by atoms with Gasteiger partial charge in [0.2, 0.25) is 0 Å². The zero-order chi connectivity index (χ0) is 34.4. The van der Waals surface area contributed by atoms with Crippen LogP contribution in [0.3, 0.4) is 0 Å². The molecule has 2 heterocycles. The molecule has 1 spiro atoms. The van der Waals surface area contributed by atoms with Gasteiger partial charge in [-0.2, -0.15) is 0 Å². The minimum absolute atomic E-state index is 0.534. The first-order chi connectivity index (χ1) is 25.2. The molecule has 0 fully saturated rings. The second-order valence-electron chi connectivity index (χ2n) is 13.0. The van der Waals surface area contributed by atoms with Crippen molar-refractivity contribution < 1.29 is 4.74 Å². The van der Waals surface area contributed by atoms with E-state index in [0.717, 1.165) is 61.9 Å². The summed E-state index contributed by atoms with van der Waals surface area (Å²) in [7, 11) is 0. The summed E-state index contributed by atoms with van der Waals surface area (Å²) >= 11 is 0. The molecule has 0 radical (unpaired) electrons. The number of ether oxygens (including phenoxy) is 1. The highest BCUT2D eigenvalue weighted by Crippen LogP contribution is 2.62. The minimum Gasteiger partial charge on any atom is -0.456 e. The third-order valence-corrected chi connectivity index (χ3v) is 10.1. The molecule has 0 unspecified atom stereocenters. The van der Waals surface area contributed by atoms with E-state index in [4.69, 9.17) is 14.7 Å². The molecule has 0 saturated heterocycles. The summed E-state index contributed by atoms with van der Waals surface area (Å²) in [5.74, 6) is 2.39. The fourth-order valence-electron chi connectivity index (χ4n) is 7.88. The first kappa shape index (κ1) is 30.5. The Morgan fingerprint density at radius 1 is 0.608 bits per heavy atom. The van der Waals surface area contributed by atoms with Crippen molar-refractivity contribution in [3.05, 3.63) is 216 Å². The first-order valence-electron chi connectivity index (χ1n) is 17.3. The highest BCUT2D eigenvalue weighted by atomic mass is 16.5. The van der Waals surface area contributed by atoms with E-state index < -0.39 is 5.41 Å². The molecule has 1 aromatic heterocycles. The number of rotatable bonds is 6. The van der Waals surface area contributed by atoms with E-state index in [2.05, 4.69) is 147 Å². The molecule has 7 aromatic rings. The SMILES string of the molecule is C=C/C=C(\C=C(/C)c1cc(-c2ccccc2)nc(-c2ccccc2)n1)c1cccc2c1Oc1ccccc1C21c2ccccc2-c2ccccc21. The maximum absolute atomic E-state index is 6.96. The molecule has 6 aromatic carbocycles. The van der Waals surface area contributed by atoms with Crippen molar-refractivity contribution in [2.75, 3.05) is 0 Å². The van der Waals surface area contributed by atoms with Gasteiger partial charge in [0.05, 0.1) is 16.8 Å². The van der Waals surface area contributed by atoms with Crippen LogP contribution in [0, 0.1) is 0 Å².